The number of ether oxygens (including phenoxy) is 1. The smallest absolute Gasteiger partial charge is 0.194 e. The number of hydrogen-bond donors (Lipinski definition) is 0. The maximum absolute atomic E-state index is 12.8. The first-order valence-corrected chi connectivity index (χ1v) is 10.2. The van der Waals surface area contributed by atoms with Gasteiger partial charge in [0.1, 0.15) is 12.4 Å². The minimum Gasteiger partial charge on any atom is -0.492 e. The van der Waals surface area contributed by atoms with Gasteiger partial charge < -0.3 is 4.74 Å². The summed E-state index contributed by atoms with van der Waals surface area (Å²) in [5.41, 5.74) is 1.49. The third kappa shape index (κ3) is 4.70. The highest BCUT2D eigenvalue weighted by Gasteiger charge is 2.14. The van der Waals surface area contributed by atoms with Gasteiger partial charge in [-0.15, -0.1) is 23.7 Å². The van der Waals surface area contributed by atoms with Gasteiger partial charge in [-0.25, -0.2) is 0 Å². The maximum atomic E-state index is 12.8. The lowest BCUT2D eigenvalue weighted by atomic mass is 10.0. The second-order valence-corrected chi connectivity index (χ2v) is 7.66. The van der Waals surface area contributed by atoms with Crippen molar-refractivity contribution in [2.24, 2.45) is 0 Å². The van der Waals surface area contributed by atoms with E-state index in [1.54, 1.807) is 11.3 Å². The Labute approximate surface area is 170 Å². The quantitative estimate of drug-likeness (QED) is 0.516. The van der Waals surface area contributed by atoms with E-state index < -0.39 is 0 Å². The Balaban J connectivity index is 0.00000210. The van der Waals surface area contributed by atoms with Crippen molar-refractivity contribution >= 4 is 39.6 Å². The molecule has 4 rings (SSSR count). The first-order valence-electron chi connectivity index (χ1n) is 9.27. The molecular weight excluding hydrogens is 378 g/mol. The van der Waals surface area contributed by atoms with Gasteiger partial charge in [0.2, 0.25) is 0 Å². The zero-order valence-corrected chi connectivity index (χ0v) is 16.9. The summed E-state index contributed by atoms with van der Waals surface area (Å²) in [6.45, 7) is 4.04. The molecule has 1 aromatic heterocycles. The van der Waals surface area contributed by atoms with Crippen molar-refractivity contribution < 1.29 is 9.53 Å². The van der Waals surface area contributed by atoms with Crippen LogP contribution in [0.5, 0.6) is 5.75 Å². The lowest BCUT2D eigenvalue weighted by Gasteiger charge is -2.26. The molecule has 0 atom stereocenters. The summed E-state index contributed by atoms with van der Waals surface area (Å²) in [6, 6.07) is 15.6. The van der Waals surface area contributed by atoms with Crippen LogP contribution in [0.25, 0.3) is 10.1 Å². The number of rotatable bonds is 6. The molecule has 0 N–H and O–H groups in total. The maximum Gasteiger partial charge on any atom is 0.194 e. The Kier molecular flexibility index (Phi) is 6.89. The topological polar surface area (TPSA) is 29.5 Å². The van der Waals surface area contributed by atoms with Crippen molar-refractivity contribution in [3.05, 3.63) is 65.0 Å². The van der Waals surface area contributed by atoms with Gasteiger partial charge in [-0.05, 0) is 56.3 Å². The van der Waals surface area contributed by atoms with Crippen LogP contribution in [0, 0.1) is 0 Å². The minimum atomic E-state index is 0. The molecule has 0 bridgehead atoms. The number of benzene rings is 2. The highest BCUT2D eigenvalue weighted by atomic mass is 35.5. The normalized spacial score (nSPS) is 14.7. The minimum absolute atomic E-state index is 0. The lowest BCUT2D eigenvalue weighted by Crippen LogP contribution is -2.33. The molecule has 0 radical (unpaired) electrons. The van der Waals surface area contributed by atoms with Crippen molar-refractivity contribution in [1.82, 2.24) is 4.90 Å². The molecular formula is C22H24ClNO2S. The zero-order chi connectivity index (χ0) is 17.8. The number of carbonyl (C=O) groups excluding carboxylic acids is 1. The largest absolute Gasteiger partial charge is 0.492 e. The van der Waals surface area contributed by atoms with Gasteiger partial charge in [0.25, 0.3) is 0 Å². The second kappa shape index (κ2) is 9.36. The van der Waals surface area contributed by atoms with E-state index in [0.29, 0.717) is 12.2 Å². The number of thiophene rings is 1. The third-order valence-corrected chi connectivity index (χ3v) is 5.93. The fraction of sp³-hybridized carbons (Fsp3) is 0.318. The summed E-state index contributed by atoms with van der Waals surface area (Å²) in [5.74, 6) is 0.899. The average Bonchev–Trinajstić information content (AvgIpc) is 3.13. The van der Waals surface area contributed by atoms with E-state index in [2.05, 4.69) is 11.0 Å². The van der Waals surface area contributed by atoms with Crippen LogP contribution in [0.15, 0.2) is 53.9 Å². The van der Waals surface area contributed by atoms with Crippen molar-refractivity contribution in [3.8, 4) is 5.75 Å². The molecule has 2 aromatic carbocycles. The van der Waals surface area contributed by atoms with E-state index in [1.807, 2.05) is 47.8 Å². The molecule has 3 nitrogen and oxygen atoms in total. The van der Waals surface area contributed by atoms with Crippen molar-refractivity contribution in [2.75, 3.05) is 26.2 Å². The molecule has 5 heteroatoms. The van der Waals surface area contributed by atoms with Crippen molar-refractivity contribution in [3.63, 3.8) is 0 Å². The van der Waals surface area contributed by atoms with Crippen LogP contribution in [-0.2, 0) is 0 Å². The van der Waals surface area contributed by atoms with Gasteiger partial charge in [-0.3, -0.25) is 9.69 Å². The van der Waals surface area contributed by atoms with E-state index in [9.17, 15) is 4.79 Å². The predicted molar refractivity (Wildman–Crippen MR) is 115 cm³/mol. The molecule has 1 fully saturated rings. The van der Waals surface area contributed by atoms with Gasteiger partial charge in [0.05, 0.1) is 0 Å². The summed E-state index contributed by atoms with van der Waals surface area (Å²) >= 11 is 1.61. The molecule has 0 unspecified atom stereocenters. The lowest BCUT2D eigenvalue weighted by molar-refractivity contribution is 0.104. The Morgan fingerprint density at radius 2 is 1.74 bits per heavy atom. The van der Waals surface area contributed by atoms with Gasteiger partial charge in [0, 0.05) is 33.1 Å². The van der Waals surface area contributed by atoms with Gasteiger partial charge in [-0.2, -0.15) is 0 Å². The van der Waals surface area contributed by atoms with Gasteiger partial charge in [0.15, 0.2) is 5.78 Å². The van der Waals surface area contributed by atoms with Gasteiger partial charge >= 0.3 is 0 Å². The zero-order valence-electron chi connectivity index (χ0n) is 15.2. The molecule has 142 valence electrons. The number of hydrogen-bond acceptors (Lipinski definition) is 4. The molecule has 0 amide bonds. The highest BCUT2D eigenvalue weighted by molar-refractivity contribution is 7.17. The van der Waals surface area contributed by atoms with E-state index >= 15 is 0 Å². The first kappa shape index (κ1) is 19.9. The summed E-state index contributed by atoms with van der Waals surface area (Å²) in [7, 11) is 0. The predicted octanol–water partition coefficient (Wildman–Crippen LogP) is 5.42. The molecule has 3 aromatic rings. The fourth-order valence-electron chi connectivity index (χ4n) is 3.49. The molecule has 0 saturated carbocycles. The van der Waals surface area contributed by atoms with Crippen LogP contribution < -0.4 is 4.74 Å². The summed E-state index contributed by atoms with van der Waals surface area (Å²) in [4.78, 5) is 15.3. The average molecular weight is 402 g/mol. The summed E-state index contributed by atoms with van der Waals surface area (Å²) in [5, 5.41) is 2.99. The number of likely N-dealkylation sites (tertiary alicyclic amines) is 1. The fourth-order valence-corrected chi connectivity index (χ4v) is 4.43. The second-order valence-electron chi connectivity index (χ2n) is 6.75. The number of carbonyl (C=O) groups is 1. The van der Waals surface area contributed by atoms with E-state index in [1.165, 1.54) is 32.4 Å². The SMILES string of the molecule is Cl.O=C(c1ccc(OCCN2CCCCC2)cc1)c1csc2ccccc12. The standard InChI is InChI=1S/C22H23NO2S.ClH/c24-22(20-16-26-21-7-3-2-6-19(20)21)17-8-10-18(11-9-17)25-15-14-23-12-4-1-5-13-23;/h2-3,6-11,16H,1,4-5,12-15H2;1H. The van der Waals surface area contributed by atoms with Crippen molar-refractivity contribution in [1.29, 1.82) is 0 Å². The number of fused-ring (bicyclic) bond motifs is 1. The molecule has 1 saturated heterocycles. The Bertz CT molecular complexity index is 885. The first-order chi connectivity index (χ1) is 12.8. The van der Waals surface area contributed by atoms with Crippen LogP contribution in [0.2, 0.25) is 0 Å². The molecule has 1 aliphatic rings. The van der Waals surface area contributed by atoms with Crippen LogP contribution >= 0.6 is 23.7 Å². The van der Waals surface area contributed by atoms with Crippen LogP contribution in [0.1, 0.15) is 35.2 Å². The molecule has 27 heavy (non-hydrogen) atoms. The molecule has 0 spiro atoms. The van der Waals surface area contributed by atoms with Crippen LogP contribution in [-0.4, -0.2) is 36.9 Å². The van der Waals surface area contributed by atoms with Crippen LogP contribution in [0.3, 0.4) is 0 Å². The number of ketones is 1. The number of piperidine rings is 1. The molecule has 1 aliphatic heterocycles. The van der Waals surface area contributed by atoms with E-state index in [-0.39, 0.29) is 18.2 Å². The number of nitrogens with zero attached hydrogens (tertiary/aromatic N) is 1. The van der Waals surface area contributed by atoms with Gasteiger partial charge in [-0.1, -0.05) is 24.6 Å². The van der Waals surface area contributed by atoms with Crippen molar-refractivity contribution in [2.45, 2.75) is 19.3 Å². The Morgan fingerprint density at radius 1 is 1.00 bits per heavy atom. The highest BCUT2D eigenvalue weighted by Crippen LogP contribution is 2.28. The molecule has 0 aliphatic carbocycles. The summed E-state index contributed by atoms with van der Waals surface area (Å²) < 4.78 is 7.00. The molecule has 2 heterocycles. The Morgan fingerprint density at radius 3 is 2.52 bits per heavy atom. The monoisotopic (exact) mass is 401 g/mol. The van der Waals surface area contributed by atoms with Crippen LogP contribution in [0.4, 0.5) is 0 Å². The number of halogens is 1. The van der Waals surface area contributed by atoms with E-state index in [4.69, 9.17) is 4.74 Å². The van der Waals surface area contributed by atoms with E-state index in [0.717, 1.165) is 27.9 Å². The third-order valence-electron chi connectivity index (χ3n) is 4.97. The Hall–Kier alpha value is -1.88. The summed E-state index contributed by atoms with van der Waals surface area (Å²) in [6.07, 6.45) is 3.95.